The molecule has 0 aliphatic carbocycles. The van der Waals surface area contributed by atoms with Crippen molar-refractivity contribution in [2.75, 3.05) is 32.8 Å². The van der Waals surface area contributed by atoms with Crippen LogP contribution >= 0.6 is 0 Å². The van der Waals surface area contributed by atoms with Crippen LogP contribution in [0.3, 0.4) is 0 Å². The highest BCUT2D eigenvalue weighted by molar-refractivity contribution is 5.55. The first kappa shape index (κ1) is 18.5. The summed E-state index contributed by atoms with van der Waals surface area (Å²) in [4.78, 5) is 11.6. The van der Waals surface area contributed by atoms with Gasteiger partial charge in [0, 0.05) is 37.0 Å². The Kier molecular flexibility index (Phi) is 6.75. The number of ether oxygens (including phenoxy) is 2. The molecular weight excluding hydrogens is 326 g/mol. The second-order valence-electron chi connectivity index (χ2n) is 6.56. The molecule has 138 valence electrons. The van der Waals surface area contributed by atoms with Crippen molar-refractivity contribution in [3.8, 4) is 17.3 Å². The highest BCUT2D eigenvalue weighted by Crippen LogP contribution is 2.20. The zero-order valence-electron chi connectivity index (χ0n) is 15.4. The van der Waals surface area contributed by atoms with Crippen molar-refractivity contribution >= 4 is 0 Å². The van der Waals surface area contributed by atoms with Crippen molar-refractivity contribution in [1.82, 2.24) is 14.9 Å². The van der Waals surface area contributed by atoms with E-state index in [0.29, 0.717) is 11.7 Å². The summed E-state index contributed by atoms with van der Waals surface area (Å²) in [6.07, 6.45) is 3.86. The molecule has 0 spiro atoms. The topological polar surface area (TPSA) is 47.5 Å². The first-order valence-corrected chi connectivity index (χ1v) is 9.23. The number of hydrogen-bond acceptors (Lipinski definition) is 5. The van der Waals surface area contributed by atoms with Crippen LogP contribution in [0.15, 0.2) is 49.1 Å². The van der Waals surface area contributed by atoms with Crippen LogP contribution in [-0.4, -0.2) is 53.8 Å². The average Bonchev–Trinajstić information content (AvgIpc) is 2.67. The van der Waals surface area contributed by atoms with Gasteiger partial charge in [-0.2, -0.15) is 4.98 Å². The molecule has 1 aliphatic heterocycles. The Balaban J connectivity index is 1.74. The highest BCUT2D eigenvalue weighted by atomic mass is 16.5. The molecule has 1 fully saturated rings. The minimum Gasteiger partial charge on any atom is -0.473 e. The van der Waals surface area contributed by atoms with E-state index in [9.17, 15) is 0 Å². The summed E-state index contributed by atoms with van der Waals surface area (Å²) < 4.78 is 11.7. The Morgan fingerprint density at radius 3 is 2.73 bits per heavy atom. The second kappa shape index (κ2) is 9.46. The largest absolute Gasteiger partial charge is 0.473 e. The first-order chi connectivity index (χ1) is 12.7. The fourth-order valence-corrected chi connectivity index (χ4v) is 3.05. The quantitative estimate of drug-likeness (QED) is 0.680. The smallest absolute Gasteiger partial charge is 0.217 e. The van der Waals surface area contributed by atoms with Gasteiger partial charge in [0.2, 0.25) is 5.88 Å². The number of aromatic nitrogens is 2. The van der Waals surface area contributed by atoms with Gasteiger partial charge in [0.1, 0.15) is 6.10 Å². The Morgan fingerprint density at radius 1 is 1.23 bits per heavy atom. The molecule has 1 aromatic carbocycles. The molecular formula is C21H27N3O2. The molecule has 1 unspecified atom stereocenters. The van der Waals surface area contributed by atoms with Gasteiger partial charge in [0.15, 0.2) is 5.82 Å². The summed E-state index contributed by atoms with van der Waals surface area (Å²) in [6, 6.07) is 11.9. The van der Waals surface area contributed by atoms with E-state index in [1.54, 1.807) is 0 Å². The molecule has 5 heteroatoms. The lowest BCUT2D eigenvalue weighted by Crippen LogP contribution is -2.42. The average molecular weight is 353 g/mol. The van der Waals surface area contributed by atoms with E-state index in [1.165, 1.54) is 0 Å². The molecule has 26 heavy (non-hydrogen) atoms. The number of benzene rings is 1. The summed E-state index contributed by atoms with van der Waals surface area (Å²) in [5.74, 6) is 1.34. The number of morpholine rings is 1. The summed E-state index contributed by atoms with van der Waals surface area (Å²) >= 11 is 0. The fraction of sp³-hybridized carbons (Fsp3) is 0.429. The lowest BCUT2D eigenvalue weighted by molar-refractivity contribution is 0.0174. The monoisotopic (exact) mass is 353 g/mol. The van der Waals surface area contributed by atoms with Gasteiger partial charge in [-0.1, -0.05) is 36.4 Å². The Hall–Kier alpha value is -2.24. The number of rotatable bonds is 8. The molecule has 0 amide bonds. The van der Waals surface area contributed by atoms with Crippen LogP contribution in [0.1, 0.15) is 18.5 Å². The van der Waals surface area contributed by atoms with Crippen molar-refractivity contribution in [2.45, 2.75) is 25.9 Å². The number of allylic oxidation sites excluding steroid dienone is 1. The zero-order chi connectivity index (χ0) is 18.2. The SMILES string of the molecule is C=CCCC(CN1CCOCC1)Oc1cc(C)nc(-c2ccccc2)n1. The van der Waals surface area contributed by atoms with Crippen LogP contribution in [0.5, 0.6) is 5.88 Å². The van der Waals surface area contributed by atoms with Gasteiger partial charge >= 0.3 is 0 Å². The standard InChI is InChI=1S/C21H27N3O2/c1-3-4-10-19(16-24-11-13-25-14-12-24)26-20-15-17(2)22-21(23-20)18-8-6-5-7-9-18/h3,5-9,15,19H,1,4,10-14,16H2,2H3. The molecule has 1 atom stereocenters. The Morgan fingerprint density at radius 2 is 2.00 bits per heavy atom. The molecule has 1 aliphatic rings. The van der Waals surface area contributed by atoms with Crippen molar-refractivity contribution in [1.29, 1.82) is 0 Å². The van der Waals surface area contributed by atoms with E-state index in [0.717, 1.165) is 56.9 Å². The summed E-state index contributed by atoms with van der Waals surface area (Å²) in [5.41, 5.74) is 1.90. The number of hydrogen-bond donors (Lipinski definition) is 0. The zero-order valence-corrected chi connectivity index (χ0v) is 15.4. The van der Waals surface area contributed by atoms with Gasteiger partial charge < -0.3 is 9.47 Å². The van der Waals surface area contributed by atoms with E-state index in [1.807, 2.05) is 49.4 Å². The van der Waals surface area contributed by atoms with Gasteiger partial charge in [0.05, 0.1) is 13.2 Å². The van der Waals surface area contributed by atoms with E-state index in [2.05, 4.69) is 21.4 Å². The van der Waals surface area contributed by atoms with Gasteiger partial charge in [0.25, 0.3) is 0 Å². The molecule has 0 bridgehead atoms. The van der Waals surface area contributed by atoms with Crippen molar-refractivity contribution in [3.05, 3.63) is 54.7 Å². The van der Waals surface area contributed by atoms with E-state index < -0.39 is 0 Å². The Labute approximate surface area is 155 Å². The van der Waals surface area contributed by atoms with E-state index in [4.69, 9.17) is 9.47 Å². The molecule has 1 aromatic heterocycles. The summed E-state index contributed by atoms with van der Waals surface area (Å²) in [7, 11) is 0. The van der Waals surface area contributed by atoms with E-state index >= 15 is 0 Å². The molecule has 3 rings (SSSR count). The third kappa shape index (κ3) is 5.38. The number of nitrogens with zero attached hydrogens (tertiary/aromatic N) is 3. The highest BCUT2D eigenvalue weighted by Gasteiger charge is 2.19. The van der Waals surface area contributed by atoms with Crippen LogP contribution in [0.2, 0.25) is 0 Å². The van der Waals surface area contributed by atoms with Crippen molar-refractivity contribution < 1.29 is 9.47 Å². The lowest BCUT2D eigenvalue weighted by Gasteiger charge is -2.30. The summed E-state index contributed by atoms with van der Waals surface area (Å²) in [5, 5.41) is 0. The van der Waals surface area contributed by atoms with Gasteiger partial charge in [-0.05, 0) is 19.8 Å². The van der Waals surface area contributed by atoms with Crippen LogP contribution in [0, 0.1) is 6.92 Å². The first-order valence-electron chi connectivity index (χ1n) is 9.23. The predicted octanol–water partition coefficient (Wildman–Crippen LogP) is 3.50. The summed E-state index contributed by atoms with van der Waals surface area (Å²) in [6.45, 7) is 10.2. The third-order valence-electron chi connectivity index (χ3n) is 4.41. The van der Waals surface area contributed by atoms with Crippen LogP contribution in [0.4, 0.5) is 0 Å². The number of aryl methyl sites for hydroxylation is 1. The molecule has 1 saturated heterocycles. The predicted molar refractivity (Wildman–Crippen MR) is 103 cm³/mol. The molecule has 0 saturated carbocycles. The maximum absolute atomic E-state index is 6.28. The van der Waals surface area contributed by atoms with Crippen LogP contribution in [-0.2, 0) is 4.74 Å². The third-order valence-corrected chi connectivity index (χ3v) is 4.41. The molecule has 0 N–H and O–H groups in total. The van der Waals surface area contributed by atoms with Gasteiger partial charge in [-0.15, -0.1) is 6.58 Å². The second-order valence-corrected chi connectivity index (χ2v) is 6.56. The molecule has 2 aromatic rings. The normalized spacial score (nSPS) is 16.2. The van der Waals surface area contributed by atoms with Crippen LogP contribution in [0.25, 0.3) is 11.4 Å². The molecule has 0 radical (unpaired) electrons. The van der Waals surface area contributed by atoms with Crippen molar-refractivity contribution in [3.63, 3.8) is 0 Å². The Bertz CT molecular complexity index is 700. The van der Waals surface area contributed by atoms with E-state index in [-0.39, 0.29) is 6.10 Å². The minimum atomic E-state index is 0.0732. The van der Waals surface area contributed by atoms with Crippen molar-refractivity contribution in [2.24, 2.45) is 0 Å². The maximum Gasteiger partial charge on any atom is 0.217 e. The molecule has 2 heterocycles. The van der Waals surface area contributed by atoms with Crippen LogP contribution < -0.4 is 4.74 Å². The fourth-order valence-electron chi connectivity index (χ4n) is 3.05. The minimum absolute atomic E-state index is 0.0732. The maximum atomic E-state index is 6.28. The van der Waals surface area contributed by atoms with Gasteiger partial charge in [-0.25, -0.2) is 4.98 Å². The lowest BCUT2D eigenvalue weighted by atomic mass is 10.1. The van der Waals surface area contributed by atoms with Gasteiger partial charge in [-0.3, -0.25) is 4.90 Å². The molecule has 5 nitrogen and oxygen atoms in total.